The van der Waals surface area contributed by atoms with Gasteiger partial charge in [-0.25, -0.2) is 9.18 Å². The number of ether oxygens (including phenoxy) is 2. The summed E-state index contributed by atoms with van der Waals surface area (Å²) in [7, 11) is 0. The Hall–Kier alpha value is -2.56. The highest BCUT2D eigenvalue weighted by Crippen LogP contribution is 2.39. The molecule has 132 valence electrons. The largest absolute Gasteiger partial charge is 0.457 e. The molecule has 0 radical (unpaired) electrons. The summed E-state index contributed by atoms with van der Waals surface area (Å²) in [6.07, 6.45) is -0.0432. The second kappa shape index (κ2) is 6.75. The first-order chi connectivity index (χ1) is 11.8. The molecule has 0 fully saturated rings. The summed E-state index contributed by atoms with van der Waals surface area (Å²) in [4.78, 5) is 12.0. The second-order valence-electron chi connectivity index (χ2n) is 7.14. The third kappa shape index (κ3) is 4.10. The van der Waals surface area contributed by atoms with E-state index in [0.717, 1.165) is 5.56 Å². The molecule has 1 aliphatic heterocycles. The second-order valence-corrected chi connectivity index (χ2v) is 7.14. The smallest absolute Gasteiger partial charge is 0.407 e. The fraction of sp³-hybridized carbons (Fsp3) is 0.350. The number of nitrogens with one attached hydrogen (secondary N) is 1. The molecule has 1 amide bonds. The third-order valence-electron chi connectivity index (χ3n) is 4.00. The lowest BCUT2D eigenvalue weighted by Gasteiger charge is -2.22. The minimum absolute atomic E-state index is 0.109. The highest BCUT2D eigenvalue weighted by molar-refractivity contribution is 5.67. The van der Waals surface area contributed by atoms with Crippen LogP contribution in [0.4, 0.5) is 9.18 Å². The zero-order valence-electron chi connectivity index (χ0n) is 14.6. The number of carbonyl (C=O) groups excluding carboxylic acids is 1. The minimum atomic E-state index is -0.562. The Balaban J connectivity index is 1.85. The maximum atomic E-state index is 14.3. The lowest BCUT2D eigenvalue weighted by atomic mass is 9.91. The average Bonchev–Trinajstić information content (AvgIpc) is 2.69. The van der Waals surface area contributed by atoms with Crippen molar-refractivity contribution >= 4 is 6.09 Å². The quantitative estimate of drug-likeness (QED) is 0.853. The van der Waals surface area contributed by atoms with Gasteiger partial charge < -0.3 is 14.8 Å². The summed E-state index contributed by atoms with van der Waals surface area (Å²) in [6.45, 7) is 5.77. The number of carbonyl (C=O) groups is 1. The first-order valence-corrected chi connectivity index (χ1v) is 8.34. The average molecular weight is 343 g/mol. The summed E-state index contributed by atoms with van der Waals surface area (Å²) in [5, 5.41) is 2.79. The van der Waals surface area contributed by atoms with Gasteiger partial charge in [-0.2, -0.15) is 0 Å². The van der Waals surface area contributed by atoms with E-state index in [1.54, 1.807) is 12.1 Å². The number of alkyl carbamates (subject to hydrolysis) is 1. The van der Waals surface area contributed by atoms with Gasteiger partial charge in [0.05, 0.1) is 0 Å². The molecule has 0 unspecified atom stereocenters. The molecule has 0 bridgehead atoms. The van der Waals surface area contributed by atoms with Crippen molar-refractivity contribution in [3.63, 3.8) is 0 Å². The van der Waals surface area contributed by atoms with Crippen LogP contribution in [0.25, 0.3) is 0 Å². The van der Waals surface area contributed by atoms with Gasteiger partial charge in [0.2, 0.25) is 0 Å². The van der Waals surface area contributed by atoms with Gasteiger partial charge in [-0.15, -0.1) is 0 Å². The van der Waals surface area contributed by atoms with Crippen molar-refractivity contribution in [1.29, 1.82) is 0 Å². The summed E-state index contributed by atoms with van der Waals surface area (Å²) < 4.78 is 25.5. The third-order valence-corrected chi connectivity index (χ3v) is 4.00. The normalized spacial score (nSPS) is 16.1. The van der Waals surface area contributed by atoms with Gasteiger partial charge in [-0.05, 0) is 51.0 Å². The molecule has 2 aromatic carbocycles. The molecule has 3 rings (SSSR count). The van der Waals surface area contributed by atoms with Crippen LogP contribution < -0.4 is 10.1 Å². The molecule has 1 heterocycles. The van der Waals surface area contributed by atoms with Gasteiger partial charge in [0, 0.05) is 18.0 Å². The fourth-order valence-corrected chi connectivity index (χ4v) is 2.92. The van der Waals surface area contributed by atoms with Crippen molar-refractivity contribution in [3.8, 4) is 11.5 Å². The minimum Gasteiger partial charge on any atom is -0.457 e. The monoisotopic (exact) mass is 343 g/mol. The number of para-hydroxylation sites is 1. The zero-order valence-corrected chi connectivity index (χ0v) is 14.6. The van der Waals surface area contributed by atoms with Gasteiger partial charge in [0.1, 0.15) is 22.9 Å². The Labute approximate surface area is 147 Å². The zero-order chi connectivity index (χ0) is 18.0. The van der Waals surface area contributed by atoms with Crippen LogP contribution in [-0.4, -0.2) is 18.2 Å². The van der Waals surface area contributed by atoms with Crippen LogP contribution >= 0.6 is 0 Å². The molecular formula is C20H22FNO3. The van der Waals surface area contributed by atoms with Crippen molar-refractivity contribution in [1.82, 2.24) is 5.32 Å². The highest BCUT2D eigenvalue weighted by Gasteiger charge is 2.26. The van der Waals surface area contributed by atoms with Crippen molar-refractivity contribution in [2.24, 2.45) is 0 Å². The van der Waals surface area contributed by atoms with Crippen LogP contribution in [0.3, 0.4) is 0 Å². The lowest BCUT2D eigenvalue weighted by molar-refractivity contribution is 0.0524. The van der Waals surface area contributed by atoms with E-state index in [0.29, 0.717) is 30.0 Å². The number of hydrogen-bond acceptors (Lipinski definition) is 3. The lowest BCUT2D eigenvalue weighted by Crippen LogP contribution is -2.35. The Morgan fingerprint density at radius 2 is 1.92 bits per heavy atom. The number of benzene rings is 2. The van der Waals surface area contributed by atoms with Crippen LogP contribution in [0.2, 0.25) is 0 Å². The van der Waals surface area contributed by atoms with E-state index in [1.165, 1.54) is 6.07 Å². The summed E-state index contributed by atoms with van der Waals surface area (Å²) in [5.74, 6) is 0.796. The molecule has 5 heteroatoms. The van der Waals surface area contributed by atoms with Crippen molar-refractivity contribution in [2.45, 2.75) is 38.7 Å². The first kappa shape index (κ1) is 17.3. The van der Waals surface area contributed by atoms with Gasteiger partial charge in [-0.3, -0.25) is 0 Å². The van der Waals surface area contributed by atoms with Crippen molar-refractivity contribution in [3.05, 3.63) is 59.4 Å². The number of halogens is 1. The SMILES string of the molecule is CC(C)(C)OC(=O)NC[C@H]1Cc2c(F)cccc2Oc2ccccc21. The van der Waals surface area contributed by atoms with Gasteiger partial charge >= 0.3 is 6.09 Å². The molecule has 0 spiro atoms. The number of hydrogen-bond donors (Lipinski definition) is 1. The van der Waals surface area contributed by atoms with Crippen LogP contribution in [0.5, 0.6) is 11.5 Å². The van der Waals surface area contributed by atoms with E-state index in [2.05, 4.69) is 5.32 Å². The van der Waals surface area contributed by atoms with E-state index in [-0.39, 0.29) is 11.7 Å². The Kier molecular flexibility index (Phi) is 4.66. The van der Waals surface area contributed by atoms with Crippen LogP contribution in [0, 0.1) is 5.82 Å². The molecule has 1 atom stereocenters. The van der Waals surface area contributed by atoms with E-state index in [9.17, 15) is 9.18 Å². The molecule has 0 aromatic heterocycles. The molecule has 0 saturated carbocycles. The van der Waals surface area contributed by atoms with E-state index >= 15 is 0 Å². The van der Waals surface area contributed by atoms with Gasteiger partial charge in [-0.1, -0.05) is 24.3 Å². The van der Waals surface area contributed by atoms with Crippen molar-refractivity contribution < 1.29 is 18.7 Å². The van der Waals surface area contributed by atoms with E-state index in [1.807, 2.05) is 45.0 Å². The van der Waals surface area contributed by atoms with E-state index < -0.39 is 11.7 Å². The molecule has 0 aliphatic carbocycles. The molecule has 4 nitrogen and oxygen atoms in total. The molecule has 0 saturated heterocycles. The van der Waals surface area contributed by atoms with Crippen LogP contribution in [0.15, 0.2) is 42.5 Å². The molecule has 1 aliphatic rings. The summed E-state index contributed by atoms with van der Waals surface area (Å²) >= 11 is 0. The van der Waals surface area contributed by atoms with Crippen molar-refractivity contribution in [2.75, 3.05) is 6.54 Å². The van der Waals surface area contributed by atoms with Crippen LogP contribution in [0.1, 0.15) is 37.8 Å². The van der Waals surface area contributed by atoms with Gasteiger partial charge in [0.25, 0.3) is 0 Å². The van der Waals surface area contributed by atoms with E-state index in [4.69, 9.17) is 9.47 Å². The Morgan fingerprint density at radius 3 is 2.68 bits per heavy atom. The first-order valence-electron chi connectivity index (χ1n) is 8.34. The molecular weight excluding hydrogens is 321 g/mol. The summed E-state index contributed by atoms with van der Waals surface area (Å²) in [5.41, 5.74) is 0.900. The molecule has 25 heavy (non-hydrogen) atoms. The maximum absolute atomic E-state index is 14.3. The molecule has 1 N–H and O–H groups in total. The fourth-order valence-electron chi connectivity index (χ4n) is 2.92. The predicted molar refractivity (Wildman–Crippen MR) is 93.6 cm³/mol. The van der Waals surface area contributed by atoms with Gasteiger partial charge in [0.15, 0.2) is 0 Å². The highest BCUT2D eigenvalue weighted by atomic mass is 19.1. The Morgan fingerprint density at radius 1 is 1.20 bits per heavy atom. The summed E-state index contributed by atoms with van der Waals surface area (Å²) in [6, 6.07) is 12.4. The standard InChI is InChI=1S/C20H22FNO3/c1-20(2,3)25-19(23)22-12-13-11-15-16(21)8-6-10-18(15)24-17-9-5-4-7-14(13)17/h4-10,13H,11-12H2,1-3H3,(H,22,23)/t13-/m1/s1. The molecule has 2 aromatic rings. The number of rotatable bonds is 2. The topological polar surface area (TPSA) is 47.6 Å². The van der Waals surface area contributed by atoms with Crippen LogP contribution in [-0.2, 0) is 11.2 Å². The number of amides is 1. The maximum Gasteiger partial charge on any atom is 0.407 e. The number of fused-ring (bicyclic) bond motifs is 2. The predicted octanol–water partition coefficient (Wildman–Crippen LogP) is 4.78. The Bertz CT molecular complexity index is 783.